The molecule has 0 aromatic heterocycles. The minimum Gasteiger partial charge on any atom is -0.350 e. The first-order valence-electron chi connectivity index (χ1n) is 11.6. The second-order valence-electron chi connectivity index (χ2n) is 8.67. The molecule has 5 heteroatoms. The van der Waals surface area contributed by atoms with E-state index in [1.165, 1.54) is 43.7 Å². The molecule has 170 valence electrons. The van der Waals surface area contributed by atoms with Crippen molar-refractivity contribution in [3.8, 4) is 0 Å². The van der Waals surface area contributed by atoms with Crippen LogP contribution in [0.1, 0.15) is 55.7 Å². The Balaban J connectivity index is 1.49. The van der Waals surface area contributed by atoms with Crippen molar-refractivity contribution in [3.05, 3.63) is 77.4 Å². The van der Waals surface area contributed by atoms with Gasteiger partial charge in [0.25, 0.3) is 0 Å². The molecule has 32 heavy (non-hydrogen) atoms. The van der Waals surface area contributed by atoms with Gasteiger partial charge in [0.15, 0.2) is 0 Å². The molecule has 0 heterocycles. The number of carbonyl (C=O) groups excluding carboxylic acids is 2. The highest BCUT2D eigenvalue weighted by Gasteiger charge is 2.19. The van der Waals surface area contributed by atoms with Crippen LogP contribution in [0.2, 0.25) is 0 Å². The molecule has 1 unspecified atom stereocenters. The van der Waals surface area contributed by atoms with Crippen LogP contribution in [0, 0.1) is 0 Å². The number of nitrogens with zero attached hydrogens (tertiary/aromatic N) is 1. The molecular formula is C27H35N3O2. The summed E-state index contributed by atoms with van der Waals surface area (Å²) in [6.07, 6.45) is 9.71. The molecule has 1 aliphatic carbocycles. The van der Waals surface area contributed by atoms with Gasteiger partial charge in [-0.1, -0.05) is 73.9 Å². The third-order valence-corrected chi connectivity index (χ3v) is 6.17. The van der Waals surface area contributed by atoms with Crippen molar-refractivity contribution >= 4 is 17.9 Å². The van der Waals surface area contributed by atoms with Crippen molar-refractivity contribution in [1.82, 2.24) is 15.5 Å². The Morgan fingerprint density at radius 1 is 1.00 bits per heavy atom. The number of benzene rings is 2. The normalized spacial score (nSPS) is 15.6. The Bertz CT molecular complexity index is 904. The van der Waals surface area contributed by atoms with Crippen LogP contribution >= 0.6 is 0 Å². The lowest BCUT2D eigenvalue weighted by Gasteiger charge is -2.31. The standard InChI is InChI=1S/C27H35N3O2/c1-21(29-26(31)18-17-22-11-5-3-6-12-22)27(32)28-19-23-13-9-10-14-24(23)20-30(2)25-15-7-4-8-16-25/h3,5-6,9-14,17-18,21,25H,4,7-8,15-16,19-20H2,1-2H3,(H,28,32)(H,29,31)/b18-17+. The minimum absolute atomic E-state index is 0.193. The maximum Gasteiger partial charge on any atom is 0.244 e. The van der Waals surface area contributed by atoms with Gasteiger partial charge in [0.05, 0.1) is 0 Å². The Labute approximate surface area is 191 Å². The maximum atomic E-state index is 12.5. The monoisotopic (exact) mass is 433 g/mol. The summed E-state index contributed by atoms with van der Waals surface area (Å²) in [5.74, 6) is -0.479. The summed E-state index contributed by atoms with van der Waals surface area (Å²) < 4.78 is 0. The lowest BCUT2D eigenvalue weighted by Crippen LogP contribution is -2.44. The molecule has 5 nitrogen and oxygen atoms in total. The molecule has 0 radical (unpaired) electrons. The van der Waals surface area contributed by atoms with E-state index in [2.05, 4.69) is 40.8 Å². The molecule has 1 fully saturated rings. The molecule has 2 amide bonds. The third-order valence-electron chi connectivity index (χ3n) is 6.17. The average Bonchev–Trinajstić information content (AvgIpc) is 2.83. The quantitative estimate of drug-likeness (QED) is 0.580. The van der Waals surface area contributed by atoms with E-state index >= 15 is 0 Å². The average molecular weight is 434 g/mol. The summed E-state index contributed by atoms with van der Waals surface area (Å²) in [4.78, 5) is 27.1. The molecule has 3 rings (SSSR count). The fourth-order valence-corrected chi connectivity index (χ4v) is 4.20. The molecule has 1 saturated carbocycles. The highest BCUT2D eigenvalue weighted by Crippen LogP contribution is 2.23. The van der Waals surface area contributed by atoms with Gasteiger partial charge in [0.2, 0.25) is 11.8 Å². The van der Waals surface area contributed by atoms with Gasteiger partial charge >= 0.3 is 0 Å². The van der Waals surface area contributed by atoms with Gasteiger partial charge in [0.1, 0.15) is 6.04 Å². The van der Waals surface area contributed by atoms with Crippen LogP contribution < -0.4 is 10.6 Å². The molecule has 0 spiro atoms. The summed E-state index contributed by atoms with van der Waals surface area (Å²) in [7, 11) is 2.20. The summed E-state index contributed by atoms with van der Waals surface area (Å²) >= 11 is 0. The van der Waals surface area contributed by atoms with E-state index in [-0.39, 0.29) is 11.8 Å². The Hall–Kier alpha value is -2.92. The number of nitrogens with one attached hydrogen (secondary N) is 2. The largest absolute Gasteiger partial charge is 0.350 e. The summed E-state index contributed by atoms with van der Waals surface area (Å²) in [5.41, 5.74) is 3.30. The molecule has 0 bridgehead atoms. The molecule has 1 atom stereocenters. The predicted molar refractivity (Wildman–Crippen MR) is 130 cm³/mol. The van der Waals surface area contributed by atoms with E-state index in [0.29, 0.717) is 12.6 Å². The second-order valence-corrected chi connectivity index (χ2v) is 8.67. The molecule has 0 saturated heterocycles. The zero-order valence-corrected chi connectivity index (χ0v) is 19.2. The van der Waals surface area contributed by atoms with E-state index in [9.17, 15) is 9.59 Å². The Morgan fingerprint density at radius 2 is 1.66 bits per heavy atom. The van der Waals surface area contributed by atoms with Crippen LogP contribution in [0.15, 0.2) is 60.7 Å². The SMILES string of the molecule is CC(NC(=O)/C=C/c1ccccc1)C(=O)NCc1ccccc1CN(C)C1CCCCC1. The lowest BCUT2D eigenvalue weighted by atomic mass is 9.94. The van der Waals surface area contributed by atoms with Gasteiger partial charge in [-0.15, -0.1) is 0 Å². The number of rotatable bonds is 9. The fraction of sp³-hybridized carbons (Fsp3) is 0.407. The molecule has 0 aliphatic heterocycles. The lowest BCUT2D eigenvalue weighted by molar-refractivity contribution is -0.126. The summed E-state index contributed by atoms with van der Waals surface area (Å²) in [5, 5.41) is 5.70. The molecule has 1 aliphatic rings. The first-order chi connectivity index (χ1) is 15.5. The van der Waals surface area contributed by atoms with Crippen molar-refractivity contribution in [2.24, 2.45) is 0 Å². The summed E-state index contributed by atoms with van der Waals surface area (Å²) in [6, 6.07) is 17.9. The van der Waals surface area contributed by atoms with Crippen LogP contribution in [0.3, 0.4) is 0 Å². The third kappa shape index (κ3) is 7.34. The Morgan fingerprint density at radius 3 is 2.38 bits per heavy atom. The minimum atomic E-state index is -0.611. The van der Waals surface area contributed by atoms with Crippen molar-refractivity contribution in [2.75, 3.05) is 7.05 Å². The van der Waals surface area contributed by atoms with E-state index in [0.717, 1.165) is 17.7 Å². The van der Waals surface area contributed by atoms with Gasteiger partial charge in [0, 0.05) is 25.2 Å². The van der Waals surface area contributed by atoms with E-state index in [1.54, 1.807) is 13.0 Å². The molecule has 2 aromatic carbocycles. The number of carbonyl (C=O) groups is 2. The smallest absolute Gasteiger partial charge is 0.244 e. The number of amides is 2. The van der Waals surface area contributed by atoms with Gasteiger partial charge < -0.3 is 10.6 Å². The van der Waals surface area contributed by atoms with Crippen LogP contribution in [0.5, 0.6) is 0 Å². The van der Waals surface area contributed by atoms with Crippen LogP contribution in [-0.4, -0.2) is 35.8 Å². The zero-order valence-electron chi connectivity index (χ0n) is 19.2. The van der Waals surface area contributed by atoms with Crippen molar-refractivity contribution in [2.45, 2.75) is 64.2 Å². The van der Waals surface area contributed by atoms with Crippen molar-refractivity contribution in [1.29, 1.82) is 0 Å². The van der Waals surface area contributed by atoms with Crippen LogP contribution in [0.4, 0.5) is 0 Å². The Kier molecular flexibility index (Phi) is 9.05. The van der Waals surface area contributed by atoms with Gasteiger partial charge in [-0.05, 0) is 49.6 Å². The second kappa shape index (κ2) is 12.2. The predicted octanol–water partition coefficient (Wildman–Crippen LogP) is 4.29. The van der Waals surface area contributed by atoms with Gasteiger partial charge in [-0.3, -0.25) is 14.5 Å². The topological polar surface area (TPSA) is 61.4 Å². The first kappa shape index (κ1) is 23.7. The zero-order chi connectivity index (χ0) is 22.8. The molecular weight excluding hydrogens is 398 g/mol. The van der Waals surface area contributed by atoms with E-state index in [4.69, 9.17) is 0 Å². The van der Waals surface area contributed by atoms with Gasteiger partial charge in [-0.2, -0.15) is 0 Å². The van der Waals surface area contributed by atoms with E-state index < -0.39 is 6.04 Å². The summed E-state index contributed by atoms with van der Waals surface area (Å²) in [6.45, 7) is 3.03. The van der Waals surface area contributed by atoms with Gasteiger partial charge in [-0.25, -0.2) is 0 Å². The van der Waals surface area contributed by atoms with Crippen molar-refractivity contribution < 1.29 is 9.59 Å². The number of hydrogen-bond donors (Lipinski definition) is 2. The van der Waals surface area contributed by atoms with Crippen molar-refractivity contribution in [3.63, 3.8) is 0 Å². The van der Waals surface area contributed by atoms with Crippen LogP contribution in [-0.2, 0) is 22.7 Å². The van der Waals surface area contributed by atoms with Crippen LogP contribution in [0.25, 0.3) is 6.08 Å². The molecule has 2 aromatic rings. The van der Waals surface area contributed by atoms with E-state index in [1.807, 2.05) is 36.4 Å². The maximum absolute atomic E-state index is 12.5. The molecule has 2 N–H and O–H groups in total. The highest BCUT2D eigenvalue weighted by molar-refractivity contribution is 5.95. The number of hydrogen-bond acceptors (Lipinski definition) is 3. The first-order valence-corrected chi connectivity index (χ1v) is 11.6. The highest BCUT2D eigenvalue weighted by atomic mass is 16.2. The fourth-order valence-electron chi connectivity index (χ4n) is 4.20.